The van der Waals surface area contributed by atoms with Crippen molar-refractivity contribution in [3.05, 3.63) is 52.5 Å². The van der Waals surface area contributed by atoms with Crippen LogP contribution in [0.2, 0.25) is 10.0 Å². The molecule has 1 saturated heterocycles. The van der Waals surface area contributed by atoms with E-state index in [2.05, 4.69) is 22.3 Å². The van der Waals surface area contributed by atoms with Gasteiger partial charge in [-0.2, -0.15) is 0 Å². The van der Waals surface area contributed by atoms with Crippen LogP contribution in [0.15, 0.2) is 47.4 Å². The van der Waals surface area contributed by atoms with Crippen LogP contribution in [0.25, 0.3) is 0 Å². The van der Waals surface area contributed by atoms with Gasteiger partial charge in [-0.3, -0.25) is 4.79 Å². The van der Waals surface area contributed by atoms with Crippen molar-refractivity contribution in [1.29, 1.82) is 0 Å². The van der Waals surface area contributed by atoms with Gasteiger partial charge in [0.15, 0.2) is 0 Å². The van der Waals surface area contributed by atoms with Crippen LogP contribution in [0.4, 0.5) is 11.4 Å². The number of amides is 1. The molecule has 6 heteroatoms. The second-order valence-electron chi connectivity index (χ2n) is 6.01. The summed E-state index contributed by atoms with van der Waals surface area (Å²) < 4.78 is 0. The molecule has 1 heterocycles. The van der Waals surface area contributed by atoms with Crippen molar-refractivity contribution in [2.24, 2.45) is 0 Å². The Kier molecular flexibility index (Phi) is 6.51. The van der Waals surface area contributed by atoms with E-state index in [1.165, 1.54) is 36.7 Å². The summed E-state index contributed by atoms with van der Waals surface area (Å²) in [4.78, 5) is 15.4. The Morgan fingerprint density at radius 1 is 1.04 bits per heavy atom. The van der Waals surface area contributed by atoms with Gasteiger partial charge in [-0.05, 0) is 61.7 Å². The van der Waals surface area contributed by atoms with Crippen molar-refractivity contribution in [3.8, 4) is 0 Å². The molecule has 0 bridgehead atoms. The number of nitrogens with one attached hydrogen (secondary N) is 1. The Hall–Kier alpha value is -1.36. The fraction of sp³-hybridized carbons (Fsp3) is 0.316. The molecule has 0 radical (unpaired) electrons. The van der Waals surface area contributed by atoms with Gasteiger partial charge in [0.1, 0.15) is 0 Å². The van der Waals surface area contributed by atoms with Gasteiger partial charge in [0.25, 0.3) is 0 Å². The van der Waals surface area contributed by atoms with Crippen molar-refractivity contribution in [2.75, 3.05) is 29.1 Å². The normalized spacial score (nSPS) is 14.4. The van der Waals surface area contributed by atoms with E-state index in [0.29, 0.717) is 10.0 Å². The largest absolute Gasteiger partial charge is 0.372 e. The number of hydrogen-bond donors (Lipinski definition) is 1. The minimum Gasteiger partial charge on any atom is -0.372 e. The first-order chi connectivity index (χ1) is 12.1. The lowest BCUT2D eigenvalue weighted by molar-refractivity contribution is -0.113. The van der Waals surface area contributed by atoms with E-state index >= 15 is 0 Å². The summed E-state index contributed by atoms with van der Waals surface area (Å²) in [6, 6.07) is 13.3. The number of halogens is 2. The van der Waals surface area contributed by atoms with E-state index in [4.69, 9.17) is 23.2 Å². The fourth-order valence-electron chi connectivity index (χ4n) is 2.84. The lowest BCUT2D eigenvalue weighted by Gasteiger charge is -2.28. The van der Waals surface area contributed by atoms with Gasteiger partial charge >= 0.3 is 0 Å². The summed E-state index contributed by atoms with van der Waals surface area (Å²) in [6.45, 7) is 2.23. The predicted octanol–water partition coefficient (Wildman–Crippen LogP) is 5.71. The number of anilines is 2. The van der Waals surface area contributed by atoms with Gasteiger partial charge in [-0.15, -0.1) is 11.8 Å². The first-order valence-corrected chi connectivity index (χ1v) is 10.1. The van der Waals surface area contributed by atoms with Gasteiger partial charge in [-0.1, -0.05) is 23.2 Å². The molecule has 25 heavy (non-hydrogen) atoms. The molecule has 2 aromatic carbocycles. The third kappa shape index (κ3) is 5.30. The molecule has 0 unspecified atom stereocenters. The van der Waals surface area contributed by atoms with Gasteiger partial charge in [0, 0.05) is 34.4 Å². The standard InChI is InChI=1S/C19H20Cl2N2OS/c20-14-4-9-17(21)18(12-14)25-13-19(24)22-15-5-7-16(8-6-15)23-10-2-1-3-11-23/h4-9,12H,1-3,10-11,13H2,(H,22,24). The maximum Gasteiger partial charge on any atom is 0.234 e. The fourth-order valence-corrected chi connectivity index (χ4v) is 4.13. The average molecular weight is 395 g/mol. The number of thioether (sulfide) groups is 1. The first kappa shape index (κ1) is 18.4. The Bertz CT molecular complexity index is 731. The third-order valence-corrected chi connectivity index (χ3v) is 5.86. The van der Waals surface area contributed by atoms with E-state index in [9.17, 15) is 4.79 Å². The van der Waals surface area contributed by atoms with Gasteiger partial charge in [-0.25, -0.2) is 0 Å². The molecule has 1 aliphatic rings. The van der Waals surface area contributed by atoms with Crippen molar-refractivity contribution in [1.82, 2.24) is 0 Å². The van der Waals surface area contributed by atoms with E-state index in [1.807, 2.05) is 12.1 Å². The molecule has 1 aliphatic heterocycles. The molecule has 0 atom stereocenters. The second-order valence-corrected chi connectivity index (χ2v) is 7.87. The maximum absolute atomic E-state index is 12.2. The Balaban J connectivity index is 1.53. The van der Waals surface area contributed by atoms with Gasteiger partial charge in [0.05, 0.1) is 10.8 Å². The lowest BCUT2D eigenvalue weighted by Crippen LogP contribution is -2.29. The molecule has 0 aromatic heterocycles. The zero-order chi connectivity index (χ0) is 17.6. The lowest BCUT2D eigenvalue weighted by atomic mass is 10.1. The summed E-state index contributed by atoms with van der Waals surface area (Å²) in [7, 11) is 0. The Labute approximate surface area is 162 Å². The van der Waals surface area contributed by atoms with Crippen LogP contribution >= 0.6 is 35.0 Å². The van der Waals surface area contributed by atoms with Gasteiger partial charge < -0.3 is 10.2 Å². The highest BCUT2D eigenvalue weighted by Gasteiger charge is 2.11. The number of carbonyl (C=O) groups is 1. The van der Waals surface area contributed by atoms with Crippen LogP contribution in [0.5, 0.6) is 0 Å². The van der Waals surface area contributed by atoms with E-state index < -0.39 is 0 Å². The second kappa shape index (κ2) is 8.84. The van der Waals surface area contributed by atoms with Crippen LogP contribution in [-0.2, 0) is 4.79 Å². The number of benzene rings is 2. The zero-order valence-electron chi connectivity index (χ0n) is 13.8. The quantitative estimate of drug-likeness (QED) is 0.658. The van der Waals surface area contributed by atoms with Crippen molar-refractivity contribution < 1.29 is 4.79 Å². The molecule has 1 N–H and O–H groups in total. The van der Waals surface area contributed by atoms with E-state index in [-0.39, 0.29) is 11.7 Å². The predicted molar refractivity (Wildman–Crippen MR) is 108 cm³/mol. The van der Waals surface area contributed by atoms with Crippen molar-refractivity contribution >= 4 is 52.2 Å². The number of hydrogen-bond acceptors (Lipinski definition) is 3. The smallest absolute Gasteiger partial charge is 0.234 e. The molecular weight excluding hydrogens is 375 g/mol. The number of rotatable bonds is 5. The summed E-state index contributed by atoms with van der Waals surface area (Å²) in [5, 5.41) is 4.14. The number of carbonyl (C=O) groups excluding carboxylic acids is 1. The molecule has 2 aromatic rings. The molecule has 0 spiro atoms. The molecule has 132 valence electrons. The third-order valence-electron chi connectivity index (χ3n) is 4.12. The van der Waals surface area contributed by atoms with Crippen LogP contribution < -0.4 is 10.2 Å². The highest BCUT2D eigenvalue weighted by molar-refractivity contribution is 8.00. The first-order valence-electron chi connectivity index (χ1n) is 8.34. The highest BCUT2D eigenvalue weighted by Crippen LogP contribution is 2.30. The molecule has 1 fully saturated rings. The SMILES string of the molecule is O=C(CSc1cc(Cl)ccc1Cl)Nc1ccc(N2CCCCC2)cc1. The minimum atomic E-state index is -0.0632. The number of piperidine rings is 1. The average Bonchev–Trinajstić information content (AvgIpc) is 2.64. The van der Waals surface area contributed by atoms with Crippen LogP contribution in [0.1, 0.15) is 19.3 Å². The van der Waals surface area contributed by atoms with Crippen molar-refractivity contribution in [2.45, 2.75) is 24.2 Å². The van der Waals surface area contributed by atoms with E-state index in [0.717, 1.165) is 23.7 Å². The highest BCUT2D eigenvalue weighted by atomic mass is 35.5. The van der Waals surface area contributed by atoms with Crippen LogP contribution in [-0.4, -0.2) is 24.7 Å². The Morgan fingerprint density at radius 2 is 1.76 bits per heavy atom. The summed E-state index contributed by atoms with van der Waals surface area (Å²) in [5.41, 5.74) is 2.03. The van der Waals surface area contributed by atoms with Crippen LogP contribution in [0.3, 0.4) is 0 Å². The molecule has 0 saturated carbocycles. The molecular formula is C19H20Cl2N2OS. The van der Waals surface area contributed by atoms with Crippen LogP contribution in [0, 0.1) is 0 Å². The molecule has 0 aliphatic carbocycles. The summed E-state index contributed by atoms with van der Waals surface area (Å²) in [5.74, 6) is 0.222. The minimum absolute atomic E-state index is 0.0632. The monoisotopic (exact) mass is 394 g/mol. The summed E-state index contributed by atoms with van der Waals surface area (Å²) >= 11 is 13.5. The van der Waals surface area contributed by atoms with Crippen molar-refractivity contribution in [3.63, 3.8) is 0 Å². The number of nitrogens with zero attached hydrogens (tertiary/aromatic N) is 1. The molecule has 3 rings (SSSR count). The van der Waals surface area contributed by atoms with Gasteiger partial charge in [0.2, 0.25) is 5.91 Å². The topological polar surface area (TPSA) is 32.3 Å². The maximum atomic E-state index is 12.2. The zero-order valence-corrected chi connectivity index (χ0v) is 16.1. The molecule has 3 nitrogen and oxygen atoms in total. The van der Waals surface area contributed by atoms with E-state index in [1.54, 1.807) is 18.2 Å². The molecule has 1 amide bonds. The summed E-state index contributed by atoms with van der Waals surface area (Å²) in [6.07, 6.45) is 3.82. The Morgan fingerprint density at radius 3 is 2.48 bits per heavy atom.